The number of nitrogens with zero attached hydrogens (tertiary/aromatic N) is 2. The highest BCUT2D eigenvalue weighted by Crippen LogP contribution is 2.32. The third-order valence-electron chi connectivity index (χ3n) is 2.63. The van der Waals surface area contributed by atoms with Crippen molar-refractivity contribution in [2.75, 3.05) is 5.32 Å². The van der Waals surface area contributed by atoms with Gasteiger partial charge >= 0.3 is 0 Å². The average Bonchev–Trinajstić information content (AvgIpc) is 3.17. The molecule has 1 heterocycles. The maximum Gasteiger partial charge on any atom is 0.250 e. The lowest BCUT2D eigenvalue weighted by Crippen LogP contribution is -2.29. The van der Waals surface area contributed by atoms with Gasteiger partial charge in [0.1, 0.15) is 5.82 Å². The lowest BCUT2D eigenvalue weighted by molar-refractivity contribution is -0.129. The molecule has 2 rings (SSSR count). The van der Waals surface area contributed by atoms with Crippen molar-refractivity contribution in [3.63, 3.8) is 0 Å². The van der Waals surface area contributed by atoms with E-state index in [0.717, 1.165) is 12.8 Å². The van der Waals surface area contributed by atoms with Crippen molar-refractivity contribution in [1.82, 2.24) is 4.98 Å². The predicted octanol–water partition coefficient (Wildman–Crippen LogP) is 1.79. The molecule has 0 spiro atoms. The lowest BCUT2D eigenvalue weighted by Gasteiger charge is -2.08. The minimum Gasteiger partial charge on any atom is -0.309 e. The summed E-state index contributed by atoms with van der Waals surface area (Å²) in [5.41, 5.74) is 0. The first-order chi connectivity index (χ1) is 8.61. The van der Waals surface area contributed by atoms with Crippen molar-refractivity contribution < 1.29 is 9.59 Å². The van der Waals surface area contributed by atoms with E-state index in [1.807, 2.05) is 0 Å². The van der Waals surface area contributed by atoms with Crippen LogP contribution in [0, 0.1) is 23.2 Å². The van der Waals surface area contributed by atoms with Crippen LogP contribution in [0.2, 0.25) is 5.02 Å². The molecule has 1 amide bonds. The quantitative estimate of drug-likeness (QED) is 0.840. The summed E-state index contributed by atoms with van der Waals surface area (Å²) in [6.07, 6.45) is 2.91. The van der Waals surface area contributed by atoms with Crippen LogP contribution in [0.15, 0.2) is 18.3 Å². The Labute approximate surface area is 109 Å². The number of Topliss-reactive ketones (excluding diaryl/α,β-unsaturated/α-hetero) is 1. The molecule has 1 aromatic heterocycles. The van der Waals surface area contributed by atoms with Crippen molar-refractivity contribution >= 4 is 29.1 Å². The van der Waals surface area contributed by atoms with Gasteiger partial charge in [-0.2, -0.15) is 5.26 Å². The molecule has 1 aliphatic carbocycles. The summed E-state index contributed by atoms with van der Waals surface area (Å²) in [5.74, 6) is -2.05. The van der Waals surface area contributed by atoms with Gasteiger partial charge in [-0.1, -0.05) is 11.6 Å². The van der Waals surface area contributed by atoms with Crippen LogP contribution in [0.1, 0.15) is 12.8 Å². The zero-order valence-corrected chi connectivity index (χ0v) is 10.1. The summed E-state index contributed by atoms with van der Waals surface area (Å²) in [6.45, 7) is 0. The highest BCUT2D eigenvalue weighted by Gasteiger charge is 2.38. The molecule has 1 aliphatic rings. The number of nitriles is 1. The third-order valence-corrected chi connectivity index (χ3v) is 2.86. The number of rotatable bonds is 4. The van der Waals surface area contributed by atoms with E-state index < -0.39 is 11.8 Å². The van der Waals surface area contributed by atoms with Crippen molar-refractivity contribution in [3.8, 4) is 6.07 Å². The van der Waals surface area contributed by atoms with E-state index in [0.29, 0.717) is 5.02 Å². The normalized spacial score (nSPS) is 15.6. The van der Waals surface area contributed by atoms with E-state index in [2.05, 4.69) is 10.3 Å². The summed E-state index contributed by atoms with van der Waals surface area (Å²) >= 11 is 5.66. The molecule has 0 bridgehead atoms. The monoisotopic (exact) mass is 263 g/mol. The molecule has 1 N–H and O–H groups in total. The van der Waals surface area contributed by atoms with E-state index in [9.17, 15) is 9.59 Å². The molecule has 0 aliphatic heterocycles. The number of carbonyl (C=O) groups is 2. The molecule has 0 aromatic carbocycles. The van der Waals surface area contributed by atoms with Crippen molar-refractivity contribution in [1.29, 1.82) is 5.26 Å². The molecular weight excluding hydrogens is 254 g/mol. The largest absolute Gasteiger partial charge is 0.309 e. The van der Waals surface area contributed by atoms with Gasteiger partial charge in [-0.15, -0.1) is 0 Å². The maximum absolute atomic E-state index is 11.8. The van der Waals surface area contributed by atoms with Crippen LogP contribution in [0.5, 0.6) is 0 Å². The number of anilines is 1. The van der Waals surface area contributed by atoms with Crippen LogP contribution >= 0.6 is 11.6 Å². The van der Waals surface area contributed by atoms with Gasteiger partial charge in [-0.25, -0.2) is 4.98 Å². The summed E-state index contributed by atoms with van der Waals surface area (Å²) in [4.78, 5) is 27.3. The molecule has 1 fully saturated rings. The molecule has 1 atom stereocenters. The second-order valence-corrected chi connectivity index (χ2v) is 4.53. The van der Waals surface area contributed by atoms with Crippen LogP contribution in [0.25, 0.3) is 0 Å². The topological polar surface area (TPSA) is 82.8 Å². The number of pyridine rings is 1. The van der Waals surface area contributed by atoms with Crippen molar-refractivity contribution in [2.45, 2.75) is 12.8 Å². The van der Waals surface area contributed by atoms with Gasteiger partial charge in [-0.3, -0.25) is 9.59 Å². The van der Waals surface area contributed by atoms with Crippen molar-refractivity contribution in [3.05, 3.63) is 23.4 Å². The second-order valence-electron chi connectivity index (χ2n) is 4.09. The fourth-order valence-corrected chi connectivity index (χ4v) is 1.61. The number of hydrogen-bond donors (Lipinski definition) is 1. The first-order valence-electron chi connectivity index (χ1n) is 5.47. The number of aromatic nitrogens is 1. The highest BCUT2D eigenvalue weighted by molar-refractivity contribution is 6.30. The first kappa shape index (κ1) is 12.5. The van der Waals surface area contributed by atoms with E-state index in [1.165, 1.54) is 12.3 Å². The van der Waals surface area contributed by atoms with Crippen LogP contribution in [0.4, 0.5) is 5.82 Å². The zero-order valence-electron chi connectivity index (χ0n) is 9.39. The molecule has 1 aromatic rings. The number of halogens is 1. The Kier molecular flexibility index (Phi) is 3.58. The molecule has 0 saturated heterocycles. The predicted molar refractivity (Wildman–Crippen MR) is 64.7 cm³/mol. The van der Waals surface area contributed by atoms with E-state index in [4.69, 9.17) is 16.9 Å². The number of amides is 1. The highest BCUT2D eigenvalue weighted by atomic mass is 35.5. The van der Waals surface area contributed by atoms with Crippen LogP contribution in [-0.2, 0) is 9.59 Å². The minimum atomic E-state index is -1.25. The molecule has 1 unspecified atom stereocenters. The Morgan fingerprint density at radius 3 is 2.72 bits per heavy atom. The fourth-order valence-electron chi connectivity index (χ4n) is 1.50. The molecule has 0 radical (unpaired) electrons. The van der Waals surface area contributed by atoms with E-state index in [-0.39, 0.29) is 17.5 Å². The number of ketones is 1. The van der Waals surface area contributed by atoms with E-state index >= 15 is 0 Å². The summed E-state index contributed by atoms with van der Waals surface area (Å²) < 4.78 is 0. The lowest BCUT2D eigenvalue weighted by atomic mass is 10.0. The first-order valence-corrected chi connectivity index (χ1v) is 5.85. The SMILES string of the molecule is N#CC(C(=O)Nc1ccc(Cl)cn1)C(=O)C1CC1. The Hall–Kier alpha value is -1.93. The standard InChI is InChI=1S/C12H10ClN3O2/c13-8-3-4-10(15-6-8)16-12(18)9(5-14)11(17)7-1-2-7/h3-4,6-7,9H,1-2H2,(H,15,16,18). The fraction of sp³-hybridized carbons (Fsp3) is 0.333. The molecule has 6 heteroatoms. The van der Waals surface area contributed by atoms with Gasteiger partial charge < -0.3 is 5.32 Å². The molecule has 1 saturated carbocycles. The summed E-state index contributed by atoms with van der Waals surface area (Å²) in [5, 5.41) is 11.8. The Balaban J connectivity index is 2.03. The molecule has 5 nitrogen and oxygen atoms in total. The van der Waals surface area contributed by atoms with Gasteiger partial charge in [0.15, 0.2) is 11.7 Å². The zero-order chi connectivity index (χ0) is 13.1. The van der Waals surface area contributed by atoms with E-state index in [1.54, 1.807) is 12.1 Å². The minimum absolute atomic E-state index is 0.126. The van der Waals surface area contributed by atoms with Crippen LogP contribution < -0.4 is 5.32 Å². The average molecular weight is 264 g/mol. The Morgan fingerprint density at radius 2 is 2.22 bits per heavy atom. The molecular formula is C12H10ClN3O2. The number of nitrogens with one attached hydrogen (secondary N) is 1. The van der Waals surface area contributed by atoms with Gasteiger partial charge in [-0.05, 0) is 25.0 Å². The Bertz CT molecular complexity index is 517. The Morgan fingerprint density at radius 1 is 1.50 bits per heavy atom. The number of hydrogen-bond acceptors (Lipinski definition) is 4. The smallest absolute Gasteiger partial charge is 0.250 e. The summed E-state index contributed by atoms with van der Waals surface area (Å²) in [6, 6.07) is 4.81. The maximum atomic E-state index is 11.8. The van der Waals surface area contributed by atoms with Gasteiger partial charge in [0.05, 0.1) is 11.1 Å². The number of carbonyl (C=O) groups excluding carboxylic acids is 2. The molecule has 92 valence electrons. The van der Waals surface area contributed by atoms with Crippen LogP contribution in [0.3, 0.4) is 0 Å². The summed E-state index contributed by atoms with van der Waals surface area (Å²) in [7, 11) is 0. The second kappa shape index (κ2) is 5.15. The van der Waals surface area contributed by atoms with Crippen molar-refractivity contribution in [2.24, 2.45) is 11.8 Å². The van der Waals surface area contributed by atoms with Gasteiger partial charge in [0.25, 0.3) is 5.91 Å². The van der Waals surface area contributed by atoms with Crippen LogP contribution in [-0.4, -0.2) is 16.7 Å². The van der Waals surface area contributed by atoms with Gasteiger partial charge in [0.2, 0.25) is 0 Å². The molecule has 18 heavy (non-hydrogen) atoms. The third kappa shape index (κ3) is 2.84. The van der Waals surface area contributed by atoms with Gasteiger partial charge in [0, 0.05) is 12.1 Å².